The van der Waals surface area contributed by atoms with E-state index in [1.54, 1.807) is 17.7 Å². The van der Waals surface area contributed by atoms with E-state index in [0.717, 1.165) is 5.69 Å². The van der Waals surface area contributed by atoms with Crippen molar-refractivity contribution in [1.82, 2.24) is 14.8 Å². The van der Waals surface area contributed by atoms with Gasteiger partial charge >= 0.3 is 0 Å². The first-order chi connectivity index (χ1) is 11.7. The molecule has 2 heterocycles. The Balaban J connectivity index is 1.43. The molecule has 6 heteroatoms. The van der Waals surface area contributed by atoms with Crippen molar-refractivity contribution in [2.45, 2.75) is 38.5 Å². The largest absolute Gasteiger partial charge is 0.339 e. The van der Waals surface area contributed by atoms with Crippen molar-refractivity contribution >= 4 is 29.2 Å². The third kappa shape index (κ3) is 4.66. The standard InChI is InChI=1S/C18H25N3O2S/c22-17(7-6-16-13-24-14-19-16)20-8-10-21(11-9-20)18(23)12-15-4-2-1-3-5-15/h6-7,13-15H,1-5,8-12H2. The molecule has 1 saturated carbocycles. The second-order valence-corrected chi connectivity index (χ2v) is 7.38. The van der Waals surface area contributed by atoms with Crippen LogP contribution in [0.3, 0.4) is 0 Å². The van der Waals surface area contributed by atoms with Crippen molar-refractivity contribution in [3.63, 3.8) is 0 Å². The fourth-order valence-electron chi connectivity index (χ4n) is 3.51. The van der Waals surface area contributed by atoms with E-state index < -0.39 is 0 Å². The van der Waals surface area contributed by atoms with Crippen LogP contribution in [0.1, 0.15) is 44.2 Å². The van der Waals surface area contributed by atoms with Gasteiger partial charge in [-0.15, -0.1) is 11.3 Å². The van der Waals surface area contributed by atoms with Crippen molar-refractivity contribution in [2.24, 2.45) is 5.92 Å². The predicted molar refractivity (Wildman–Crippen MR) is 95.5 cm³/mol. The van der Waals surface area contributed by atoms with Crippen molar-refractivity contribution in [3.05, 3.63) is 22.7 Å². The topological polar surface area (TPSA) is 53.5 Å². The first-order valence-electron chi connectivity index (χ1n) is 8.85. The molecule has 3 rings (SSSR count). The van der Waals surface area contributed by atoms with Crippen LogP contribution in [0, 0.1) is 5.92 Å². The zero-order valence-corrected chi connectivity index (χ0v) is 14.8. The Kier molecular flexibility index (Phi) is 6.01. The molecule has 0 N–H and O–H groups in total. The van der Waals surface area contributed by atoms with E-state index in [1.807, 2.05) is 15.2 Å². The Labute approximate surface area is 147 Å². The highest BCUT2D eigenvalue weighted by Crippen LogP contribution is 2.27. The molecule has 1 aromatic rings. The van der Waals surface area contributed by atoms with E-state index in [-0.39, 0.29) is 11.8 Å². The van der Waals surface area contributed by atoms with Crippen LogP contribution >= 0.6 is 11.3 Å². The van der Waals surface area contributed by atoms with E-state index in [0.29, 0.717) is 38.5 Å². The summed E-state index contributed by atoms with van der Waals surface area (Å²) in [4.78, 5) is 32.5. The maximum absolute atomic E-state index is 12.4. The molecule has 0 radical (unpaired) electrons. The van der Waals surface area contributed by atoms with Crippen LogP contribution in [0.15, 0.2) is 17.0 Å². The number of hydrogen-bond donors (Lipinski definition) is 0. The number of carbonyl (C=O) groups excluding carboxylic acids is 2. The SMILES string of the molecule is O=C(C=Cc1cscn1)N1CCN(C(=O)CC2CCCCC2)CC1. The number of amides is 2. The average molecular weight is 347 g/mol. The first-order valence-corrected chi connectivity index (χ1v) is 9.79. The number of aromatic nitrogens is 1. The third-order valence-corrected chi connectivity index (χ3v) is 5.58. The summed E-state index contributed by atoms with van der Waals surface area (Å²) in [7, 11) is 0. The Morgan fingerprint density at radius 1 is 1.12 bits per heavy atom. The third-order valence-electron chi connectivity index (χ3n) is 4.98. The molecule has 2 aliphatic rings. The number of nitrogens with zero attached hydrogens (tertiary/aromatic N) is 3. The van der Waals surface area contributed by atoms with Crippen molar-refractivity contribution < 1.29 is 9.59 Å². The normalized spacial score (nSPS) is 19.8. The van der Waals surface area contributed by atoms with Crippen LogP contribution in [-0.4, -0.2) is 52.8 Å². The summed E-state index contributed by atoms with van der Waals surface area (Å²) in [6.07, 6.45) is 10.3. The van der Waals surface area contributed by atoms with E-state index in [1.165, 1.54) is 43.4 Å². The van der Waals surface area contributed by atoms with Gasteiger partial charge in [0.15, 0.2) is 0 Å². The van der Waals surface area contributed by atoms with Crippen LogP contribution in [0.2, 0.25) is 0 Å². The quantitative estimate of drug-likeness (QED) is 0.787. The lowest BCUT2D eigenvalue weighted by atomic mass is 9.86. The molecular formula is C18H25N3O2S. The maximum Gasteiger partial charge on any atom is 0.246 e. The van der Waals surface area contributed by atoms with Crippen molar-refractivity contribution in [3.8, 4) is 0 Å². The van der Waals surface area contributed by atoms with Gasteiger partial charge in [0.25, 0.3) is 0 Å². The predicted octanol–water partition coefficient (Wildman–Crippen LogP) is 2.80. The van der Waals surface area contributed by atoms with Gasteiger partial charge in [0.1, 0.15) is 0 Å². The van der Waals surface area contributed by atoms with Gasteiger partial charge in [-0.05, 0) is 24.8 Å². The molecule has 0 aromatic carbocycles. The van der Waals surface area contributed by atoms with Gasteiger partial charge in [0.05, 0.1) is 11.2 Å². The van der Waals surface area contributed by atoms with E-state index in [2.05, 4.69) is 4.98 Å². The Morgan fingerprint density at radius 3 is 2.50 bits per heavy atom. The molecule has 0 bridgehead atoms. The van der Waals surface area contributed by atoms with Crippen LogP contribution in [0.25, 0.3) is 6.08 Å². The number of rotatable bonds is 4. The molecule has 1 aliphatic carbocycles. The Bertz CT molecular complexity index is 571. The summed E-state index contributed by atoms with van der Waals surface area (Å²) in [5.41, 5.74) is 2.57. The molecule has 5 nitrogen and oxygen atoms in total. The van der Waals surface area contributed by atoms with Crippen molar-refractivity contribution in [2.75, 3.05) is 26.2 Å². The second-order valence-electron chi connectivity index (χ2n) is 6.66. The number of hydrogen-bond acceptors (Lipinski definition) is 4. The summed E-state index contributed by atoms with van der Waals surface area (Å²) < 4.78 is 0. The lowest BCUT2D eigenvalue weighted by Gasteiger charge is -2.35. The van der Waals surface area contributed by atoms with Gasteiger partial charge in [0, 0.05) is 44.1 Å². The molecule has 0 spiro atoms. The minimum atomic E-state index is 0.00220. The molecule has 130 valence electrons. The summed E-state index contributed by atoms with van der Waals surface area (Å²) in [6.45, 7) is 2.55. The van der Waals surface area contributed by atoms with E-state index >= 15 is 0 Å². The molecule has 24 heavy (non-hydrogen) atoms. The smallest absolute Gasteiger partial charge is 0.246 e. The molecular weight excluding hydrogens is 322 g/mol. The fraction of sp³-hybridized carbons (Fsp3) is 0.611. The van der Waals surface area contributed by atoms with Crippen molar-refractivity contribution in [1.29, 1.82) is 0 Å². The molecule has 0 atom stereocenters. The highest BCUT2D eigenvalue weighted by atomic mass is 32.1. The summed E-state index contributed by atoms with van der Waals surface area (Å²) in [5.74, 6) is 0.848. The van der Waals surface area contributed by atoms with E-state index in [9.17, 15) is 9.59 Å². The lowest BCUT2D eigenvalue weighted by molar-refractivity contribution is -0.138. The summed E-state index contributed by atoms with van der Waals surface area (Å²) in [6, 6.07) is 0. The maximum atomic E-state index is 12.4. The molecule has 2 amide bonds. The monoisotopic (exact) mass is 347 g/mol. The van der Waals surface area contributed by atoms with E-state index in [4.69, 9.17) is 0 Å². The lowest BCUT2D eigenvalue weighted by Crippen LogP contribution is -2.50. The highest BCUT2D eigenvalue weighted by molar-refractivity contribution is 7.07. The van der Waals surface area contributed by atoms with Gasteiger partial charge in [-0.1, -0.05) is 19.3 Å². The molecule has 1 aromatic heterocycles. The zero-order valence-electron chi connectivity index (χ0n) is 14.0. The number of carbonyl (C=O) groups is 2. The summed E-state index contributed by atoms with van der Waals surface area (Å²) >= 11 is 1.51. The molecule has 1 aliphatic heterocycles. The fourth-order valence-corrected chi connectivity index (χ4v) is 4.03. The summed E-state index contributed by atoms with van der Waals surface area (Å²) in [5, 5.41) is 1.91. The van der Waals surface area contributed by atoms with Gasteiger partial charge in [-0.3, -0.25) is 9.59 Å². The minimum absolute atomic E-state index is 0.00220. The van der Waals surface area contributed by atoms with Gasteiger partial charge in [-0.25, -0.2) is 4.98 Å². The highest BCUT2D eigenvalue weighted by Gasteiger charge is 2.25. The molecule has 1 saturated heterocycles. The van der Waals surface area contributed by atoms with Crippen LogP contribution in [-0.2, 0) is 9.59 Å². The average Bonchev–Trinajstić information content (AvgIpc) is 3.14. The van der Waals surface area contributed by atoms with Gasteiger partial charge < -0.3 is 9.80 Å². The van der Waals surface area contributed by atoms with Crippen LogP contribution < -0.4 is 0 Å². The van der Waals surface area contributed by atoms with Gasteiger partial charge in [0.2, 0.25) is 11.8 Å². The second kappa shape index (κ2) is 8.42. The Hall–Kier alpha value is -1.69. The molecule has 0 unspecified atom stereocenters. The first kappa shape index (κ1) is 17.1. The molecule has 2 fully saturated rings. The number of piperazine rings is 1. The van der Waals surface area contributed by atoms with Gasteiger partial charge in [-0.2, -0.15) is 0 Å². The van der Waals surface area contributed by atoms with Crippen LogP contribution in [0.4, 0.5) is 0 Å². The van der Waals surface area contributed by atoms with Crippen LogP contribution in [0.5, 0.6) is 0 Å². The minimum Gasteiger partial charge on any atom is -0.339 e. The zero-order chi connectivity index (χ0) is 16.8. The Morgan fingerprint density at radius 2 is 1.83 bits per heavy atom. The number of thiazole rings is 1.